The molecule has 2 aromatic rings. The fraction of sp³-hybridized carbons (Fsp3) is 0.458. The summed E-state index contributed by atoms with van der Waals surface area (Å²) in [5, 5.41) is 6.22. The van der Waals surface area contributed by atoms with Crippen LogP contribution in [0, 0.1) is 24.1 Å². The molecule has 0 spiro atoms. The number of rotatable bonds is 8. The second-order valence-corrected chi connectivity index (χ2v) is 8.40. The topological polar surface area (TPSA) is 50.4 Å². The van der Waals surface area contributed by atoms with E-state index in [1.165, 1.54) is 42.0 Å². The highest BCUT2D eigenvalue weighted by atomic mass is 19.1. The number of amides is 1. The minimum absolute atomic E-state index is 0.0993. The molecular weight excluding hydrogens is 367 g/mol. The van der Waals surface area contributed by atoms with E-state index in [4.69, 9.17) is 4.74 Å². The van der Waals surface area contributed by atoms with Crippen molar-refractivity contribution in [1.29, 1.82) is 0 Å². The first-order chi connectivity index (χ1) is 13.8. The van der Waals surface area contributed by atoms with Crippen molar-refractivity contribution in [2.24, 2.45) is 11.3 Å². The van der Waals surface area contributed by atoms with Crippen LogP contribution in [0.3, 0.4) is 0 Å². The van der Waals surface area contributed by atoms with Gasteiger partial charge in [-0.1, -0.05) is 39.0 Å². The quantitative estimate of drug-likeness (QED) is 0.635. The first kappa shape index (κ1) is 21.3. The monoisotopic (exact) mass is 398 g/mol. The lowest BCUT2D eigenvalue weighted by Crippen LogP contribution is -2.17. The normalized spacial score (nSPS) is 19.7. The molecule has 2 unspecified atom stereocenters. The van der Waals surface area contributed by atoms with Crippen LogP contribution in [0.2, 0.25) is 0 Å². The van der Waals surface area contributed by atoms with E-state index in [0.717, 1.165) is 19.5 Å². The molecule has 29 heavy (non-hydrogen) atoms. The van der Waals surface area contributed by atoms with Gasteiger partial charge in [0.25, 0.3) is 0 Å². The number of hydrogen-bond donors (Lipinski definition) is 2. The van der Waals surface area contributed by atoms with Gasteiger partial charge in [0.15, 0.2) is 0 Å². The third-order valence-electron chi connectivity index (χ3n) is 6.08. The van der Waals surface area contributed by atoms with Gasteiger partial charge in [-0.2, -0.15) is 0 Å². The van der Waals surface area contributed by atoms with E-state index in [9.17, 15) is 9.18 Å². The number of anilines is 1. The molecule has 4 nitrogen and oxygen atoms in total. The molecule has 5 heteroatoms. The number of likely N-dealkylation sites (N-methyl/N-ethyl adjacent to an activating group) is 1. The molecule has 0 aromatic heterocycles. The van der Waals surface area contributed by atoms with Crippen LogP contribution in [0.5, 0.6) is 5.75 Å². The summed E-state index contributed by atoms with van der Waals surface area (Å²) in [6.45, 7) is 10.4. The van der Waals surface area contributed by atoms with Crippen LogP contribution in [-0.2, 0) is 11.2 Å². The number of aryl methyl sites for hydroxylation is 1. The summed E-state index contributed by atoms with van der Waals surface area (Å²) in [5.41, 5.74) is 4.00. The molecule has 0 heterocycles. The summed E-state index contributed by atoms with van der Waals surface area (Å²) in [7, 11) is 1.51. The van der Waals surface area contributed by atoms with E-state index in [-0.39, 0.29) is 23.2 Å². The average molecular weight is 399 g/mol. The van der Waals surface area contributed by atoms with E-state index >= 15 is 0 Å². The molecule has 0 saturated heterocycles. The summed E-state index contributed by atoms with van der Waals surface area (Å²) >= 11 is 0. The van der Waals surface area contributed by atoms with Crippen molar-refractivity contribution in [3.8, 4) is 5.75 Å². The second kappa shape index (κ2) is 8.54. The van der Waals surface area contributed by atoms with Gasteiger partial charge in [0.2, 0.25) is 5.91 Å². The Labute approximate surface area is 172 Å². The van der Waals surface area contributed by atoms with Crippen molar-refractivity contribution in [3.63, 3.8) is 0 Å². The smallest absolute Gasteiger partial charge is 0.228 e. The lowest BCUT2D eigenvalue weighted by Gasteiger charge is -2.11. The third-order valence-corrected chi connectivity index (χ3v) is 6.08. The zero-order valence-corrected chi connectivity index (χ0v) is 17.9. The Bertz CT molecular complexity index is 894. The molecule has 1 fully saturated rings. The van der Waals surface area contributed by atoms with Gasteiger partial charge in [0.05, 0.1) is 18.7 Å². The van der Waals surface area contributed by atoms with Gasteiger partial charge in [0, 0.05) is 12.0 Å². The minimum Gasteiger partial charge on any atom is -0.495 e. The van der Waals surface area contributed by atoms with E-state index < -0.39 is 5.82 Å². The molecule has 1 aliphatic carbocycles. The highest BCUT2D eigenvalue weighted by Crippen LogP contribution is 2.64. The van der Waals surface area contributed by atoms with Crippen LogP contribution in [0.15, 0.2) is 36.4 Å². The van der Waals surface area contributed by atoms with Crippen LogP contribution in [-0.4, -0.2) is 26.1 Å². The average Bonchev–Trinajstić information content (AvgIpc) is 3.25. The summed E-state index contributed by atoms with van der Waals surface area (Å²) in [6.07, 6.45) is 0.997. The molecule has 1 aliphatic rings. The van der Waals surface area contributed by atoms with Crippen molar-refractivity contribution >= 4 is 11.6 Å². The molecule has 2 aromatic carbocycles. The van der Waals surface area contributed by atoms with Crippen molar-refractivity contribution in [1.82, 2.24) is 5.32 Å². The maximum absolute atomic E-state index is 13.6. The number of ether oxygens (including phenoxy) is 1. The maximum atomic E-state index is 13.6. The number of hydrogen-bond acceptors (Lipinski definition) is 3. The summed E-state index contributed by atoms with van der Waals surface area (Å²) in [4.78, 5) is 13.0. The van der Waals surface area contributed by atoms with Gasteiger partial charge in [-0.3, -0.25) is 4.79 Å². The van der Waals surface area contributed by atoms with E-state index in [1.807, 2.05) is 0 Å². The van der Waals surface area contributed by atoms with E-state index in [0.29, 0.717) is 11.4 Å². The molecule has 0 bridgehead atoms. The lowest BCUT2D eigenvalue weighted by molar-refractivity contribution is -0.118. The Kier molecular flexibility index (Phi) is 6.27. The van der Waals surface area contributed by atoms with Crippen LogP contribution in [0.25, 0.3) is 0 Å². The summed E-state index contributed by atoms with van der Waals surface area (Å²) in [6, 6.07) is 10.7. The predicted octanol–water partition coefficient (Wildman–Crippen LogP) is 4.67. The number of nitrogens with one attached hydrogen (secondary N) is 2. The second-order valence-electron chi connectivity index (χ2n) is 8.40. The third kappa shape index (κ3) is 4.45. The van der Waals surface area contributed by atoms with Crippen molar-refractivity contribution < 1.29 is 13.9 Å². The van der Waals surface area contributed by atoms with Gasteiger partial charge in [0.1, 0.15) is 11.6 Å². The van der Waals surface area contributed by atoms with Crippen molar-refractivity contribution in [2.75, 3.05) is 25.5 Å². The summed E-state index contributed by atoms with van der Waals surface area (Å²) < 4.78 is 18.9. The van der Waals surface area contributed by atoms with Gasteiger partial charge < -0.3 is 15.4 Å². The van der Waals surface area contributed by atoms with Gasteiger partial charge in [-0.05, 0) is 60.7 Å². The largest absolute Gasteiger partial charge is 0.495 e. The van der Waals surface area contributed by atoms with Crippen molar-refractivity contribution in [3.05, 3.63) is 58.9 Å². The van der Waals surface area contributed by atoms with Crippen LogP contribution in [0.4, 0.5) is 10.1 Å². The Morgan fingerprint density at radius 3 is 2.62 bits per heavy atom. The molecule has 1 saturated carbocycles. The Morgan fingerprint density at radius 2 is 1.97 bits per heavy atom. The molecule has 1 amide bonds. The fourth-order valence-electron chi connectivity index (χ4n) is 4.33. The Balaban J connectivity index is 1.75. The van der Waals surface area contributed by atoms with Gasteiger partial charge >= 0.3 is 0 Å². The lowest BCUT2D eigenvalue weighted by atomic mass is 9.97. The number of benzene rings is 2. The number of halogens is 1. The van der Waals surface area contributed by atoms with E-state index in [1.54, 1.807) is 0 Å². The minimum atomic E-state index is -0.406. The molecule has 2 atom stereocenters. The highest BCUT2D eigenvalue weighted by Gasteiger charge is 2.62. The van der Waals surface area contributed by atoms with E-state index in [2.05, 4.69) is 56.5 Å². The maximum Gasteiger partial charge on any atom is 0.228 e. The molecule has 0 radical (unpaired) electrons. The first-order valence-electron chi connectivity index (χ1n) is 10.2. The van der Waals surface area contributed by atoms with Gasteiger partial charge in [-0.25, -0.2) is 4.39 Å². The van der Waals surface area contributed by atoms with Crippen LogP contribution >= 0.6 is 0 Å². The molecule has 2 N–H and O–H groups in total. The molecule has 156 valence electrons. The molecular formula is C24H31FN2O2. The zero-order chi connectivity index (χ0) is 21.2. The first-order valence-corrected chi connectivity index (χ1v) is 10.2. The zero-order valence-electron chi connectivity index (χ0n) is 17.9. The van der Waals surface area contributed by atoms with Gasteiger partial charge in [-0.15, -0.1) is 0 Å². The fourth-order valence-corrected chi connectivity index (χ4v) is 4.33. The van der Waals surface area contributed by atoms with Crippen molar-refractivity contribution in [2.45, 2.75) is 40.0 Å². The highest BCUT2D eigenvalue weighted by molar-refractivity contribution is 5.97. The number of methoxy groups -OCH3 is 1. The Morgan fingerprint density at radius 1 is 1.21 bits per heavy atom. The number of carbonyl (C=O) groups is 1. The Hall–Kier alpha value is -2.40. The summed E-state index contributed by atoms with van der Waals surface area (Å²) in [5.74, 6) is -0.0732. The molecule has 3 rings (SSSR count). The number of carbonyl (C=O) groups excluding carboxylic acids is 1. The van der Waals surface area contributed by atoms with Crippen LogP contribution in [0.1, 0.15) is 43.4 Å². The SMILES string of the molecule is CCNCCc1ccc(C2C(C(=O)Nc3cc(F)ccc3OC)C2(C)C)cc1C. The predicted molar refractivity (Wildman–Crippen MR) is 115 cm³/mol. The molecule has 0 aliphatic heterocycles. The van der Waals surface area contributed by atoms with Crippen LogP contribution < -0.4 is 15.4 Å². The standard InChI is InChI=1S/C24H31FN2O2/c1-6-26-12-11-16-7-8-17(13-15(16)2)21-22(24(21,3)4)23(28)27-19-14-18(25)9-10-20(19)29-5/h7-10,13-14,21-22,26H,6,11-12H2,1-5H3,(H,27,28).